The van der Waals surface area contributed by atoms with E-state index in [0.717, 1.165) is 5.56 Å². The summed E-state index contributed by atoms with van der Waals surface area (Å²) in [7, 11) is -3.62. The molecule has 6 heteroatoms. The Hall–Kier alpha value is -2.47. The zero-order valence-corrected chi connectivity index (χ0v) is 14.6. The molecule has 0 bridgehead atoms. The molecule has 0 saturated carbocycles. The summed E-state index contributed by atoms with van der Waals surface area (Å²) in [5.41, 5.74) is 5.53. The smallest absolute Gasteiger partial charge is 0.260 e. The highest BCUT2D eigenvalue weighted by Crippen LogP contribution is 2.25. The lowest BCUT2D eigenvalue weighted by molar-refractivity contribution is 0.590. The molecule has 2 aromatic rings. The Bertz CT molecular complexity index is 921. The normalized spacial score (nSPS) is 16.0. The van der Waals surface area contributed by atoms with Crippen molar-refractivity contribution in [1.29, 1.82) is 0 Å². The molecule has 0 saturated heterocycles. The predicted octanol–water partition coefficient (Wildman–Crippen LogP) is 3.06. The molecule has 5 nitrogen and oxygen atoms in total. The van der Waals surface area contributed by atoms with Crippen LogP contribution in [0.25, 0.3) is 0 Å². The van der Waals surface area contributed by atoms with Gasteiger partial charge in [-0.25, -0.2) is 0 Å². The van der Waals surface area contributed by atoms with Gasteiger partial charge in [0.1, 0.15) is 4.90 Å². The maximum Gasteiger partial charge on any atom is 0.285 e. The molecular formula is C18H19N3O2S. The molecule has 0 spiro atoms. The zero-order valence-electron chi connectivity index (χ0n) is 13.8. The van der Waals surface area contributed by atoms with Crippen LogP contribution in [-0.2, 0) is 15.4 Å². The van der Waals surface area contributed by atoms with Gasteiger partial charge in [0, 0.05) is 5.56 Å². The molecule has 1 aliphatic heterocycles. The van der Waals surface area contributed by atoms with Crippen molar-refractivity contribution in [2.24, 2.45) is 9.50 Å². The highest BCUT2D eigenvalue weighted by molar-refractivity contribution is 7.90. The molecule has 0 aromatic heterocycles. The molecule has 0 radical (unpaired) electrons. The van der Waals surface area contributed by atoms with Gasteiger partial charge in [0.05, 0.1) is 6.21 Å². The average molecular weight is 341 g/mol. The summed E-state index contributed by atoms with van der Waals surface area (Å²) in [4.78, 5) is 0.206. The van der Waals surface area contributed by atoms with Crippen molar-refractivity contribution >= 4 is 22.1 Å². The summed E-state index contributed by atoms with van der Waals surface area (Å²) in [6.07, 6.45) is 1.64. The third kappa shape index (κ3) is 3.23. The second-order valence-electron chi connectivity index (χ2n) is 6.65. The van der Waals surface area contributed by atoms with E-state index < -0.39 is 10.0 Å². The largest absolute Gasteiger partial charge is 0.285 e. The fraction of sp³-hybridized carbons (Fsp3) is 0.222. The third-order valence-corrected chi connectivity index (χ3v) is 5.13. The number of rotatable bonds is 2. The highest BCUT2D eigenvalue weighted by atomic mass is 32.2. The van der Waals surface area contributed by atoms with E-state index in [4.69, 9.17) is 0 Å². The van der Waals surface area contributed by atoms with Gasteiger partial charge in [0.2, 0.25) is 0 Å². The lowest BCUT2D eigenvalue weighted by atomic mass is 9.87. The second kappa shape index (κ2) is 5.87. The van der Waals surface area contributed by atoms with Crippen molar-refractivity contribution in [2.75, 3.05) is 0 Å². The Balaban J connectivity index is 1.76. The first-order valence-corrected chi connectivity index (χ1v) is 9.05. The van der Waals surface area contributed by atoms with Crippen LogP contribution < -0.4 is 5.43 Å². The van der Waals surface area contributed by atoms with Crippen molar-refractivity contribution in [1.82, 2.24) is 5.43 Å². The Morgan fingerprint density at radius 1 is 1.04 bits per heavy atom. The number of benzene rings is 2. The first-order valence-electron chi connectivity index (χ1n) is 7.61. The number of sulfonamides is 1. The SMILES string of the molecule is CC(C)(C)c1ccc(/C=N\NC2=NS(=O)(=O)c3ccccc32)cc1. The minimum absolute atomic E-state index is 0.102. The van der Waals surface area contributed by atoms with Crippen LogP contribution in [0.1, 0.15) is 37.5 Å². The van der Waals surface area contributed by atoms with Gasteiger partial charge >= 0.3 is 0 Å². The number of nitrogens with one attached hydrogen (secondary N) is 1. The summed E-state index contributed by atoms with van der Waals surface area (Å²) in [6.45, 7) is 6.48. The van der Waals surface area contributed by atoms with Gasteiger partial charge in [0.25, 0.3) is 10.0 Å². The minimum Gasteiger partial charge on any atom is -0.260 e. The molecule has 1 N–H and O–H groups in total. The van der Waals surface area contributed by atoms with Gasteiger partial charge in [-0.1, -0.05) is 57.2 Å². The topological polar surface area (TPSA) is 70.9 Å². The van der Waals surface area contributed by atoms with Gasteiger partial charge in [-0.3, -0.25) is 5.43 Å². The quantitative estimate of drug-likeness (QED) is 0.674. The molecule has 0 amide bonds. The predicted molar refractivity (Wildman–Crippen MR) is 96.0 cm³/mol. The Kier molecular flexibility index (Phi) is 4.01. The maximum absolute atomic E-state index is 11.9. The van der Waals surface area contributed by atoms with Crippen LogP contribution in [0.2, 0.25) is 0 Å². The number of hydrogen-bond donors (Lipinski definition) is 1. The Morgan fingerprint density at radius 3 is 2.38 bits per heavy atom. The first kappa shape index (κ1) is 16.4. The van der Waals surface area contributed by atoms with Crippen LogP contribution in [0.15, 0.2) is 62.9 Å². The molecule has 0 fully saturated rings. The summed E-state index contributed by atoms with van der Waals surface area (Å²) in [6, 6.07) is 14.8. The van der Waals surface area contributed by atoms with Crippen LogP contribution in [0, 0.1) is 0 Å². The van der Waals surface area contributed by atoms with Crippen molar-refractivity contribution in [2.45, 2.75) is 31.1 Å². The third-order valence-electron chi connectivity index (χ3n) is 3.79. The molecule has 2 aromatic carbocycles. The van der Waals surface area contributed by atoms with E-state index >= 15 is 0 Å². The lowest BCUT2D eigenvalue weighted by Crippen LogP contribution is -2.17. The van der Waals surface area contributed by atoms with E-state index in [1.807, 2.05) is 12.1 Å². The van der Waals surface area contributed by atoms with Crippen LogP contribution in [-0.4, -0.2) is 20.5 Å². The molecule has 1 heterocycles. The fourth-order valence-electron chi connectivity index (χ4n) is 2.42. The van der Waals surface area contributed by atoms with E-state index in [1.165, 1.54) is 11.6 Å². The summed E-state index contributed by atoms with van der Waals surface area (Å²) in [5, 5.41) is 4.11. The van der Waals surface area contributed by atoms with E-state index in [-0.39, 0.29) is 16.1 Å². The fourth-order valence-corrected chi connectivity index (χ4v) is 3.59. The van der Waals surface area contributed by atoms with E-state index in [1.54, 1.807) is 24.4 Å². The van der Waals surface area contributed by atoms with Crippen molar-refractivity contribution in [3.05, 3.63) is 65.2 Å². The van der Waals surface area contributed by atoms with Crippen LogP contribution in [0.5, 0.6) is 0 Å². The number of hydrazone groups is 1. The molecule has 24 heavy (non-hydrogen) atoms. The number of nitrogens with zero attached hydrogens (tertiary/aromatic N) is 2. The summed E-state index contributed by atoms with van der Waals surface area (Å²) in [5.74, 6) is 0.244. The van der Waals surface area contributed by atoms with Crippen LogP contribution in [0.3, 0.4) is 0 Å². The summed E-state index contributed by atoms with van der Waals surface area (Å²) < 4.78 is 27.6. The molecule has 1 aliphatic rings. The van der Waals surface area contributed by atoms with Gasteiger partial charge in [-0.05, 0) is 28.7 Å². The first-order chi connectivity index (χ1) is 11.3. The van der Waals surface area contributed by atoms with E-state index in [9.17, 15) is 8.42 Å². The Morgan fingerprint density at radius 2 is 1.71 bits per heavy atom. The molecule has 0 atom stereocenters. The number of amidine groups is 1. The summed E-state index contributed by atoms with van der Waals surface area (Å²) >= 11 is 0. The molecule has 0 aliphatic carbocycles. The molecule has 124 valence electrons. The minimum atomic E-state index is -3.62. The van der Waals surface area contributed by atoms with Crippen molar-refractivity contribution in [3.8, 4) is 0 Å². The standard InChI is InChI=1S/C18H19N3O2S/c1-18(2,3)14-10-8-13(9-11-14)12-19-20-17-15-6-4-5-7-16(15)24(22,23)21-17/h4-12H,1-3H3,(H,20,21)/b19-12-. The van der Waals surface area contributed by atoms with Gasteiger partial charge in [-0.15, -0.1) is 4.40 Å². The van der Waals surface area contributed by atoms with Crippen molar-refractivity contribution in [3.63, 3.8) is 0 Å². The second-order valence-corrected chi connectivity index (χ2v) is 8.23. The molecule has 3 rings (SSSR count). The average Bonchev–Trinajstić information content (AvgIpc) is 2.79. The van der Waals surface area contributed by atoms with Gasteiger partial charge in [0.15, 0.2) is 5.84 Å². The zero-order chi connectivity index (χ0) is 17.4. The molecular weight excluding hydrogens is 322 g/mol. The van der Waals surface area contributed by atoms with Crippen LogP contribution >= 0.6 is 0 Å². The van der Waals surface area contributed by atoms with E-state index in [2.05, 4.69) is 47.8 Å². The lowest BCUT2D eigenvalue weighted by Gasteiger charge is -2.18. The van der Waals surface area contributed by atoms with Crippen molar-refractivity contribution < 1.29 is 8.42 Å². The van der Waals surface area contributed by atoms with Crippen LogP contribution in [0.4, 0.5) is 0 Å². The number of fused-ring (bicyclic) bond motifs is 1. The number of hydrogen-bond acceptors (Lipinski definition) is 4. The van der Waals surface area contributed by atoms with Gasteiger partial charge < -0.3 is 0 Å². The van der Waals surface area contributed by atoms with Gasteiger partial charge in [-0.2, -0.15) is 13.5 Å². The van der Waals surface area contributed by atoms with E-state index in [0.29, 0.717) is 5.56 Å². The maximum atomic E-state index is 11.9. The molecule has 0 unspecified atom stereocenters. The monoisotopic (exact) mass is 341 g/mol. The Labute approximate surface area is 142 Å². The highest BCUT2D eigenvalue weighted by Gasteiger charge is 2.28.